The number of fused-ring (bicyclic) bond motifs is 6. The summed E-state index contributed by atoms with van der Waals surface area (Å²) in [5, 5.41) is 5.70. The Bertz CT molecular complexity index is 2840. The molecular weight excluding hydrogens is 623 g/mol. The summed E-state index contributed by atoms with van der Waals surface area (Å²) in [5.74, 6) is 1.90. The summed E-state index contributed by atoms with van der Waals surface area (Å²) in [4.78, 5) is 20.2. The van der Waals surface area contributed by atoms with Crippen molar-refractivity contribution in [3.8, 4) is 51.1 Å². The van der Waals surface area contributed by atoms with E-state index in [1.165, 1.54) is 21.8 Å². The summed E-state index contributed by atoms with van der Waals surface area (Å²) in [6.45, 7) is 0. The SMILES string of the molecule is c1ccc(-c2nc(-c3ccccc3)nc(-c3ccc4nc(-c5ccc6c(c5)c5ccccc5n6-c5ccccc5)c5ccccc5c4c3)n2)cc1. The molecule has 5 heteroatoms. The molecule has 0 atom stereocenters. The van der Waals surface area contributed by atoms with Crippen LogP contribution in [-0.4, -0.2) is 24.5 Å². The van der Waals surface area contributed by atoms with Gasteiger partial charge in [-0.2, -0.15) is 0 Å². The molecule has 3 aromatic heterocycles. The first kappa shape index (κ1) is 29.0. The highest BCUT2D eigenvalue weighted by Gasteiger charge is 2.17. The maximum Gasteiger partial charge on any atom is 0.164 e. The summed E-state index contributed by atoms with van der Waals surface area (Å²) in [5.41, 5.74) is 9.26. The fraction of sp³-hybridized carbons (Fsp3) is 0. The van der Waals surface area contributed by atoms with Gasteiger partial charge < -0.3 is 4.57 Å². The van der Waals surface area contributed by atoms with Crippen molar-refractivity contribution in [2.24, 2.45) is 0 Å². The molecule has 238 valence electrons. The van der Waals surface area contributed by atoms with E-state index in [2.05, 4.69) is 120 Å². The number of para-hydroxylation sites is 2. The van der Waals surface area contributed by atoms with Crippen molar-refractivity contribution in [3.05, 3.63) is 176 Å². The molecule has 5 nitrogen and oxygen atoms in total. The molecule has 0 N–H and O–H groups in total. The molecule has 3 heterocycles. The Morgan fingerprint density at radius 3 is 1.51 bits per heavy atom. The predicted octanol–water partition coefficient (Wildman–Crippen LogP) is 11.3. The standard InChI is InChI=1S/C46H29N5/c1-4-14-30(15-5-1)44-48-45(31-16-6-2-7-17-31)50-46(49-44)33-24-26-40-38(29-33)35-20-10-11-22-37(35)43(47-40)32-25-27-42-39(28-32)36-21-12-13-23-41(36)51(42)34-18-8-3-9-19-34/h1-29H. The summed E-state index contributed by atoms with van der Waals surface area (Å²) in [6.07, 6.45) is 0. The van der Waals surface area contributed by atoms with Crippen LogP contribution in [0.25, 0.3) is 94.6 Å². The second-order valence-electron chi connectivity index (χ2n) is 12.7. The molecule has 10 aromatic rings. The van der Waals surface area contributed by atoms with Crippen LogP contribution < -0.4 is 0 Å². The van der Waals surface area contributed by atoms with Gasteiger partial charge in [0.2, 0.25) is 0 Å². The van der Waals surface area contributed by atoms with Gasteiger partial charge in [0, 0.05) is 49.5 Å². The molecule has 0 saturated carbocycles. The van der Waals surface area contributed by atoms with Crippen LogP contribution in [0.1, 0.15) is 0 Å². The Labute approximate surface area is 294 Å². The van der Waals surface area contributed by atoms with E-state index in [1.807, 2.05) is 60.7 Å². The van der Waals surface area contributed by atoms with Crippen LogP contribution >= 0.6 is 0 Å². The van der Waals surface area contributed by atoms with Gasteiger partial charge in [0.1, 0.15) is 0 Å². The van der Waals surface area contributed by atoms with E-state index in [1.54, 1.807) is 0 Å². The largest absolute Gasteiger partial charge is 0.309 e. The topological polar surface area (TPSA) is 56.5 Å². The number of rotatable bonds is 5. The minimum absolute atomic E-state index is 0.623. The molecule has 0 saturated heterocycles. The smallest absolute Gasteiger partial charge is 0.164 e. The van der Waals surface area contributed by atoms with Crippen molar-refractivity contribution in [3.63, 3.8) is 0 Å². The van der Waals surface area contributed by atoms with E-state index >= 15 is 0 Å². The lowest BCUT2D eigenvalue weighted by Crippen LogP contribution is -2.00. The number of hydrogen-bond donors (Lipinski definition) is 0. The molecule has 0 bridgehead atoms. The number of benzene rings is 7. The first-order valence-electron chi connectivity index (χ1n) is 17.1. The molecule has 0 aliphatic heterocycles. The summed E-state index contributed by atoms with van der Waals surface area (Å²) < 4.78 is 2.34. The molecule has 7 aromatic carbocycles. The van der Waals surface area contributed by atoms with Crippen molar-refractivity contribution in [1.29, 1.82) is 0 Å². The Morgan fingerprint density at radius 1 is 0.314 bits per heavy atom. The van der Waals surface area contributed by atoms with Crippen LogP contribution in [0, 0.1) is 0 Å². The van der Waals surface area contributed by atoms with Gasteiger partial charge in [0.25, 0.3) is 0 Å². The molecular formula is C46H29N5. The molecule has 0 amide bonds. The fourth-order valence-corrected chi connectivity index (χ4v) is 7.23. The lowest BCUT2D eigenvalue weighted by Gasteiger charge is -2.13. The summed E-state index contributed by atoms with van der Waals surface area (Å²) in [6, 6.07) is 61.0. The number of nitrogens with zero attached hydrogens (tertiary/aromatic N) is 5. The second-order valence-corrected chi connectivity index (χ2v) is 12.7. The third kappa shape index (κ3) is 4.94. The zero-order valence-electron chi connectivity index (χ0n) is 27.5. The summed E-state index contributed by atoms with van der Waals surface area (Å²) >= 11 is 0. The monoisotopic (exact) mass is 651 g/mol. The van der Waals surface area contributed by atoms with Gasteiger partial charge in [-0.05, 0) is 53.9 Å². The van der Waals surface area contributed by atoms with Gasteiger partial charge >= 0.3 is 0 Å². The third-order valence-corrected chi connectivity index (χ3v) is 9.62. The predicted molar refractivity (Wildman–Crippen MR) is 209 cm³/mol. The number of pyridine rings is 1. The van der Waals surface area contributed by atoms with Crippen molar-refractivity contribution in [2.75, 3.05) is 0 Å². The molecule has 10 rings (SSSR count). The van der Waals surface area contributed by atoms with Crippen molar-refractivity contribution < 1.29 is 0 Å². The molecule has 0 radical (unpaired) electrons. The van der Waals surface area contributed by atoms with E-state index in [9.17, 15) is 0 Å². The molecule has 0 unspecified atom stereocenters. The van der Waals surface area contributed by atoms with Gasteiger partial charge in [0.05, 0.1) is 22.2 Å². The van der Waals surface area contributed by atoms with Gasteiger partial charge in [-0.15, -0.1) is 0 Å². The Balaban J connectivity index is 1.15. The van der Waals surface area contributed by atoms with Gasteiger partial charge in [-0.1, -0.05) is 127 Å². The average molecular weight is 652 g/mol. The van der Waals surface area contributed by atoms with Crippen molar-refractivity contribution >= 4 is 43.5 Å². The quantitative estimate of drug-likeness (QED) is 0.174. The van der Waals surface area contributed by atoms with Crippen molar-refractivity contribution in [2.45, 2.75) is 0 Å². The van der Waals surface area contributed by atoms with Crippen LogP contribution in [-0.2, 0) is 0 Å². The molecule has 0 aliphatic carbocycles. The van der Waals surface area contributed by atoms with Gasteiger partial charge in [0.15, 0.2) is 17.5 Å². The third-order valence-electron chi connectivity index (χ3n) is 9.62. The Hall–Kier alpha value is -6.98. The van der Waals surface area contributed by atoms with Crippen LogP contribution in [0.3, 0.4) is 0 Å². The highest BCUT2D eigenvalue weighted by molar-refractivity contribution is 6.14. The van der Waals surface area contributed by atoms with Crippen LogP contribution in [0.4, 0.5) is 0 Å². The Morgan fingerprint density at radius 2 is 0.824 bits per heavy atom. The van der Waals surface area contributed by atoms with E-state index in [0.29, 0.717) is 17.5 Å². The van der Waals surface area contributed by atoms with Crippen LogP contribution in [0.2, 0.25) is 0 Å². The molecule has 0 spiro atoms. The highest BCUT2D eigenvalue weighted by Crippen LogP contribution is 2.38. The summed E-state index contributed by atoms with van der Waals surface area (Å²) in [7, 11) is 0. The van der Waals surface area contributed by atoms with Gasteiger partial charge in [-0.3, -0.25) is 0 Å². The van der Waals surface area contributed by atoms with Crippen molar-refractivity contribution in [1.82, 2.24) is 24.5 Å². The Kier molecular flexibility index (Phi) is 6.74. The second kappa shape index (κ2) is 11.9. The average Bonchev–Trinajstić information content (AvgIpc) is 3.55. The first-order chi connectivity index (χ1) is 25.3. The van der Waals surface area contributed by atoms with Gasteiger partial charge in [-0.25, -0.2) is 19.9 Å². The fourth-order valence-electron chi connectivity index (χ4n) is 7.23. The molecule has 51 heavy (non-hydrogen) atoms. The lowest BCUT2D eigenvalue weighted by molar-refractivity contribution is 1.07. The molecule has 0 aliphatic rings. The number of aromatic nitrogens is 5. The van der Waals surface area contributed by atoms with E-state index in [4.69, 9.17) is 19.9 Å². The van der Waals surface area contributed by atoms with E-state index in [0.717, 1.165) is 55.3 Å². The normalized spacial score (nSPS) is 11.5. The van der Waals surface area contributed by atoms with Crippen LogP contribution in [0.15, 0.2) is 176 Å². The lowest BCUT2D eigenvalue weighted by atomic mass is 9.98. The number of hydrogen-bond acceptors (Lipinski definition) is 4. The minimum Gasteiger partial charge on any atom is -0.309 e. The zero-order chi connectivity index (χ0) is 33.7. The van der Waals surface area contributed by atoms with Crippen LogP contribution in [0.5, 0.6) is 0 Å². The van der Waals surface area contributed by atoms with E-state index in [-0.39, 0.29) is 0 Å². The highest BCUT2D eigenvalue weighted by atomic mass is 15.0. The first-order valence-corrected chi connectivity index (χ1v) is 17.1. The molecule has 0 fully saturated rings. The zero-order valence-corrected chi connectivity index (χ0v) is 27.5. The maximum absolute atomic E-state index is 5.33. The maximum atomic E-state index is 5.33. The minimum atomic E-state index is 0.623. The van der Waals surface area contributed by atoms with E-state index < -0.39 is 0 Å².